The maximum Gasteiger partial charge on any atom is 0.208 e. The largest absolute Gasteiger partial charge is 0.356 e. The van der Waals surface area contributed by atoms with Crippen LogP contribution < -0.4 is 15.4 Å². The van der Waals surface area contributed by atoms with Crippen molar-refractivity contribution in [3.8, 4) is 0 Å². The van der Waals surface area contributed by atoms with Gasteiger partial charge in [-0.25, -0.2) is 13.1 Å². The van der Waals surface area contributed by atoms with E-state index >= 15 is 0 Å². The maximum absolute atomic E-state index is 10.8. The van der Waals surface area contributed by atoms with Crippen LogP contribution in [0.1, 0.15) is 19.3 Å². The van der Waals surface area contributed by atoms with Crippen LogP contribution in [-0.2, 0) is 10.0 Å². The van der Waals surface area contributed by atoms with E-state index in [1.807, 2.05) is 0 Å². The zero-order valence-electron chi connectivity index (χ0n) is 10.9. The molecule has 18 heavy (non-hydrogen) atoms. The molecule has 0 aromatic carbocycles. The van der Waals surface area contributed by atoms with Crippen molar-refractivity contribution in [3.63, 3.8) is 0 Å². The van der Waals surface area contributed by atoms with Gasteiger partial charge >= 0.3 is 0 Å². The lowest BCUT2D eigenvalue weighted by molar-refractivity contribution is 0.584. The van der Waals surface area contributed by atoms with Gasteiger partial charge in [0.05, 0.1) is 6.26 Å². The lowest BCUT2D eigenvalue weighted by Crippen LogP contribution is -2.39. The second kappa shape index (κ2) is 8.92. The molecule has 0 heterocycles. The van der Waals surface area contributed by atoms with Gasteiger partial charge in [-0.15, -0.1) is 24.0 Å². The first-order chi connectivity index (χ1) is 8.01. The molecule has 0 aliphatic heterocycles. The Kier molecular flexibility index (Phi) is 8.87. The predicted molar refractivity (Wildman–Crippen MR) is 85.0 cm³/mol. The molecular weight excluding hydrogens is 367 g/mol. The highest BCUT2D eigenvalue weighted by Crippen LogP contribution is 2.27. The third-order valence-corrected chi connectivity index (χ3v) is 3.22. The Morgan fingerprint density at radius 1 is 1.28 bits per heavy atom. The summed E-state index contributed by atoms with van der Waals surface area (Å²) >= 11 is 0. The van der Waals surface area contributed by atoms with Crippen LogP contribution in [0.3, 0.4) is 0 Å². The number of aliphatic imine (C=N–C) groups is 1. The van der Waals surface area contributed by atoms with E-state index in [-0.39, 0.29) is 24.0 Å². The van der Waals surface area contributed by atoms with Crippen molar-refractivity contribution >= 4 is 40.0 Å². The molecule has 0 unspecified atom stereocenters. The van der Waals surface area contributed by atoms with Crippen LogP contribution in [0.4, 0.5) is 0 Å². The minimum absolute atomic E-state index is 0. The van der Waals surface area contributed by atoms with E-state index in [1.54, 1.807) is 7.05 Å². The van der Waals surface area contributed by atoms with Crippen LogP contribution in [0.5, 0.6) is 0 Å². The quantitative estimate of drug-likeness (QED) is 0.250. The van der Waals surface area contributed by atoms with Gasteiger partial charge in [-0.05, 0) is 25.2 Å². The summed E-state index contributed by atoms with van der Waals surface area (Å²) in [4.78, 5) is 4.09. The molecular formula is C10H23IN4O2S. The molecule has 1 fully saturated rings. The van der Waals surface area contributed by atoms with Gasteiger partial charge in [-0.2, -0.15) is 0 Å². The van der Waals surface area contributed by atoms with Gasteiger partial charge in [0.1, 0.15) is 0 Å². The van der Waals surface area contributed by atoms with Gasteiger partial charge in [0.25, 0.3) is 0 Å². The summed E-state index contributed by atoms with van der Waals surface area (Å²) in [6.45, 7) is 2.12. The van der Waals surface area contributed by atoms with Crippen LogP contribution in [-0.4, -0.2) is 47.3 Å². The summed E-state index contributed by atoms with van der Waals surface area (Å²) in [7, 11) is -1.33. The molecule has 0 saturated heterocycles. The smallest absolute Gasteiger partial charge is 0.208 e. The Morgan fingerprint density at radius 2 is 1.94 bits per heavy atom. The summed E-state index contributed by atoms with van der Waals surface area (Å²) in [5.74, 6) is 1.59. The van der Waals surface area contributed by atoms with E-state index in [0.29, 0.717) is 13.1 Å². The van der Waals surface area contributed by atoms with Crippen LogP contribution >= 0.6 is 24.0 Å². The van der Waals surface area contributed by atoms with Gasteiger partial charge < -0.3 is 10.6 Å². The third-order valence-electron chi connectivity index (χ3n) is 2.49. The SMILES string of the molecule is CN=C(NCCCNS(C)(=O)=O)NCC1CC1.I. The number of rotatable bonds is 7. The normalized spacial score (nSPS) is 16.0. The standard InChI is InChI=1S/C10H22N4O2S.HI/c1-11-10(13-8-9-4-5-9)12-6-3-7-14-17(2,15)16;/h9,14H,3-8H2,1-2H3,(H2,11,12,13);1H. The third kappa shape index (κ3) is 9.89. The second-order valence-corrected chi connectivity index (χ2v) is 6.18. The number of guanidine groups is 1. The Morgan fingerprint density at radius 3 is 2.44 bits per heavy atom. The van der Waals surface area contributed by atoms with Gasteiger partial charge in [-0.1, -0.05) is 0 Å². The molecule has 1 rings (SSSR count). The molecule has 0 spiro atoms. The topological polar surface area (TPSA) is 82.6 Å². The zero-order chi connectivity index (χ0) is 12.7. The van der Waals surface area contributed by atoms with Crippen molar-refractivity contribution in [2.45, 2.75) is 19.3 Å². The Bertz CT molecular complexity index is 355. The van der Waals surface area contributed by atoms with Crippen LogP contribution in [0.15, 0.2) is 4.99 Å². The Hall–Kier alpha value is -0.0900. The number of nitrogens with one attached hydrogen (secondary N) is 3. The number of hydrogen-bond donors (Lipinski definition) is 3. The molecule has 1 aliphatic carbocycles. The fourth-order valence-electron chi connectivity index (χ4n) is 1.34. The minimum atomic E-state index is -3.07. The van der Waals surface area contributed by atoms with E-state index in [4.69, 9.17) is 0 Å². The Balaban J connectivity index is 0.00000289. The summed E-state index contributed by atoms with van der Waals surface area (Å²) in [6.07, 6.45) is 4.51. The molecule has 0 aromatic rings. The highest BCUT2D eigenvalue weighted by Gasteiger charge is 2.20. The summed E-state index contributed by atoms with van der Waals surface area (Å²) in [5.41, 5.74) is 0. The predicted octanol–water partition coefficient (Wildman–Crippen LogP) is 0.119. The summed E-state index contributed by atoms with van der Waals surface area (Å²) in [6, 6.07) is 0. The molecule has 1 saturated carbocycles. The number of hydrogen-bond acceptors (Lipinski definition) is 3. The lowest BCUT2D eigenvalue weighted by Gasteiger charge is -2.11. The molecule has 6 nitrogen and oxygen atoms in total. The van der Waals surface area contributed by atoms with E-state index < -0.39 is 10.0 Å². The molecule has 3 N–H and O–H groups in total. The monoisotopic (exact) mass is 390 g/mol. The molecule has 108 valence electrons. The van der Waals surface area contributed by atoms with E-state index in [0.717, 1.165) is 31.1 Å². The number of sulfonamides is 1. The first-order valence-corrected chi connectivity index (χ1v) is 7.79. The molecule has 1 aliphatic rings. The molecule has 0 aromatic heterocycles. The van der Waals surface area contributed by atoms with E-state index in [2.05, 4.69) is 20.3 Å². The second-order valence-electron chi connectivity index (χ2n) is 4.34. The van der Waals surface area contributed by atoms with Crippen molar-refractivity contribution in [3.05, 3.63) is 0 Å². The molecule has 8 heteroatoms. The molecule has 0 atom stereocenters. The Labute approximate surface area is 126 Å². The van der Waals surface area contributed by atoms with Crippen LogP contribution in [0, 0.1) is 5.92 Å². The zero-order valence-corrected chi connectivity index (χ0v) is 14.0. The van der Waals surface area contributed by atoms with E-state index in [1.165, 1.54) is 12.8 Å². The van der Waals surface area contributed by atoms with Crippen molar-refractivity contribution in [1.29, 1.82) is 0 Å². The lowest BCUT2D eigenvalue weighted by atomic mass is 10.4. The summed E-state index contributed by atoms with van der Waals surface area (Å²) < 4.78 is 24.0. The molecule has 0 amide bonds. The van der Waals surface area contributed by atoms with Crippen molar-refractivity contribution < 1.29 is 8.42 Å². The fourth-order valence-corrected chi connectivity index (χ4v) is 1.85. The average Bonchev–Trinajstić information content (AvgIpc) is 3.04. The van der Waals surface area contributed by atoms with Crippen LogP contribution in [0.25, 0.3) is 0 Å². The average molecular weight is 390 g/mol. The number of halogens is 1. The van der Waals surface area contributed by atoms with Gasteiger partial charge in [0.2, 0.25) is 10.0 Å². The maximum atomic E-state index is 10.8. The molecule has 0 bridgehead atoms. The first-order valence-electron chi connectivity index (χ1n) is 5.90. The molecule has 0 radical (unpaired) electrons. The van der Waals surface area contributed by atoms with Crippen molar-refractivity contribution in [1.82, 2.24) is 15.4 Å². The van der Waals surface area contributed by atoms with Gasteiger partial charge in [-0.3, -0.25) is 4.99 Å². The van der Waals surface area contributed by atoms with Gasteiger partial charge in [0, 0.05) is 26.7 Å². The summed E-state index contributed by atoms with van der Waals surface area (Å²) in [5, 5.41) is 6.38. The number of nitrogens with zero attached hydrogens (tertiary/aromatic N) is 1. The van der Waals surface area contributed by atoms with Crippen LogP contribution in [0.2, 0.25) is 0 Å². The minimum Gasteiger partial charge on any atom is -0.356 e. The van der Waals surface area contributed by atoms with Crippen molar-refractivity contribution in [2.24, 2.45) is 10.9 Å². The van der Waals surface area contributed by atoms with E-state index in [9.17, 15) is 8.42 Å². The van der Waals surface area contributed by atoms with Gasteiger partial charge in [0.15, 0.2) is 5.96 Å². The fraction of sp³-hybridized carbons (Fsp3) is 0.900. The highest BCUT2D eigenvalue weighted by molar-refractivity contribution is 14.0. The first kappa shape index (κ1) is 17.9. The van der Waals surface area contributed by atoms with Crippen molar-refractivity contribution in [2.75, 3.05) is 32.9 Å². The highest BCUT2D eigenvalue weighted by atomic mass is 127.